The van der Waals surface area contributed by atoms with E-state index in [0.29, 0.717) is 6.04 Å². The summed E-state index contributed by atoms with van der Waals surface area (Å²) in [6.45, 7) is 2.66. The van der Waals surface area contributed by atoms with E-state index in [-0.39, 0.29) is 6.03 Å². The van der Waals surface area contributed by atoms with Gasteiger partial charge >= 0.3 is 6.03 Å². The number of urea groups is 1. The molecule has 0 aromatic carbocycles. The fourth-order valence-corrected chi connectivity index (χ4v) is 4.53. The fraction of sp³-hybridized carbons (Fsp3) is 0.733. The van der Waals surface area contributed by atoms with Crippen molar-refractivity contribution in [2.24, 2.45) is 17.8 Å². The molecule has 2 heterocycles. The number of nitrogens with one attached hydrogen (secondary N) is 1. The van der Waals surface area contributed by atoms with E-state index in [4.69, 9.17) is 0 Å². The molecule has 0 radical (unpaired) electrons. The summed E-state index contributed by atoms with van der Waals surface area (Å²) in [5.74, 6) is 2.55. The molecule has 2 amide bonds. The molecule has 1 N–H and O–H groups in total. The molecule has 4 atom stereocenters. The molecule has 2 saturated carbocycles. The van der Waals surface area contributed by atoms with E-state index in [1.54, 1.807) is 6.20 Å². The SMILES string of the molecule is O=C(NCCCn1ccnc1)N1C[C@H]2[C@H]3CC[C@@H](C3)[C@@H]21. The van der Waals surface area contributed by atoms with Gasteiger partial charge in [-0.05, 0) is 37.5 Å². The van der Waals surface area contributed by atoms with Gasteiger partial charge in [0.2, 0.25) is 0 Å². The van der Waals surface area contributed by atoms with Gasteiger partial charge in [-0.3, -0.25) is 0 Å². The number of amides is 2. The van der Waals surface area contributed by atoms with Gasteiger partial charge in [0.25, 0.3) is 0 Å². The Morgan fingerprint density at radius 1 is 1.35 bits per heavy atom. The Balaban J connectivity index is 1.22. The first-order chi connectivity index (χ1) is 9.83. The summed E-state index contributed by atoms with van der Waals surface area (Å²) in [4.78, 5) is 18.3. The Hall–Kier alpha value is -1.52. The number of nitrogens with zero attached hydrogens (tertiary/aromatic N) is 3. The molecular formula is C15H22N4O. The first kappa shape index (κ1) is 12.2. The van der Waals surface area contributed by atoms with Crippen LogP contribution in [0.2, 0.25) is 0 Å². The van der Waals surface area contributed by atoms with Crippen LogP contribution in [0.5, 0.6) is 0 Å². The highest BCUT2D eigenvalue weighted by molar-refractivity contribution is 5.75. The van der Waals surface area contributed by atoms with Crippen molar-refractivity contribution in [2.45, 2.75) is 38.3 Å². The first-order valence-electron chi connectivity index (χ1n) is 7.83. The van der Waals surface area contributed by atoms with E-state index in [0.717, 1.165) is 43.8 Å². The molecule has 4 rings (SSSR count). The summed E-state index contributed by atoms with van der Waals surface area (Å²) in [6.07, 6.45) is 10.6. The van der Waals surface area contributed by atoms with Crippen LogP contribution in [0, 0.1) is 17.8 Å². The summed E-state index contributed by atoms with van der Waals surface area (Å²) in [7, 11) is 0. The Morgan fingerprint density at radius 2 is 2.25 bits per heavy atom. The third-order valence-corrected chi connectivity index (χ3v) is 5.50. The van der Waals surface area contributed by atoms with Crippen LogP contribution in [0.4, 0.5) is 4.79 Å². The number of carbonyl (C=O) groups excluding carboxylic acids is 1. The molecule has 5 heteroatoms. The number of fused-ring (bicyclic) bond motifs is 5. The molecule has 5 nitrogen and oxygen atoms in total. The van der Waals surface area contributed by atoms with Gasteiger partial charge in [-0.15, -0.1) is 0 Å². The second-order valence-corrected chi connectivity index (χ2v) is 6.53. The Labute approximate surface area is 119 Å². The van der Waals surface area contributed by atoms with Gasteiger partial charge in [0, 0.05) is 44.0 Å². The number of hydrogen-bond acceptors (Lipinski definition) is 2. The fourth-order valence-electron chi connectivity index (χ4n) is 4.53. The van der Waals surface area contributed by atoms with E-state index in [9.17, 15) is 4.79 Å². The zero-order chi connectivity index (χ0) is 13.5. The van der Waals surface area contributed by atoms with E-state index >= 15 is 0 Å². The molecule has 1 aliphatic heterocycles. The molecular weight excluding hydrogens is 252 g/mol. The molecule has 1 saturated heterocycles. The predicted molar refractivity (Wildman–Crippen MR) is 75.1 cm³/mol. The van der Waals surface area contributed by atoms with Gasteiger partial charge in [-0.25, -0.2) is 9.78 Å². The number of carbonyl (C=O) groups is 1. The van der Waals surface area contributed by atoms with E-state index in [2.05, 4.69) is 15.2 Å². The zero-order valence-corrected chi connectivity index (χ0v) is 11.7. The van der Waals surface area contributed by atoms with Crippen molar-refractivity contribution in [3.8, 4) is 0 Å². The average molecular weight is 274 g/mol. The van der Waals surface area contributed by atoms with Crippen LogP contribution in [0.3, 0.4) is 0 Å². The monoisotopic (exact) mass is 274 g/mol. The van der Waals surface area contributed by atoms with Crippen LogP contribution in [-0.2, 0) is 6.54 Å². The van der Waals surface area contributed by atoms with Gasteiger partial charge < -0.3 is 14.8 Å². The summed E-state index contributed by atoms with van der Waals surface area (Å²) in [5, 5.41) is 3.07. The lowest BCUT2D eigenvalue weighted by atomic mass is 9.77. The maximum Gasteiger partial charge on any atom is 0.317 e. The number of hydrogen-bond donors (Lipinski definition) is 1. The van der Waals surface area contributed by atoms with Crippen molar-refractivity contribution in [3.63, 3.8) is 0 Å². The number of rotatable bonds is 4. The average Bonchev–Trinajstić information content (AvgIpc) is 3.09. The van der Waals surface area contributed by atoms with Crippen molar-refractivity contribution in [1.82, 2.24) is 19.8 Å². The van der Waals surface area contributed by atoms with Gasteiger partial charge in [-0.2, -0.15) is 0 Å². The van der Waals surface area contributed by atoms with Gasteiger partial charge in [-0.1, -0.05) is 0 Å². The minimum absolute atomic E-state index is 0.157. The van der Waals surface area contributed by atoms with Crippen LogP contribution >= 0.6 is 0 Å². The third-order valence-electron chi connectivity index (χ3n) is 5.50. The van der Waals surface area contributed by atoms with E-state index in [1.807, 2.05) is 17.1 Å². The molecule has 20 heavy (non-hydrogen) atoms. The normalized spacial score (nSPS) is 33.9. The summed E-state index contributed by atoms with van der Waals surface area (Å²) >= 11 is 0. The van der Waals surface area contributed by atoms with Crippen molar-refractivity contribution < 1.29 is 4.79 Å². The van der Waals surface area contributed by atoms with Crippen LogP contribution < -0.4 is 5.32 Å². The van der Waals surface area contributed by atoms with E-state index in [1.165, 1.54) is 19.3 Å². The van der Waals surface area contributed by atoms with Crippen LogP contribution in [0.25, 0.3) is 0 Å². The molecule has 1 aromatic rings. The quantitative estimate of drug-likeness (QED) is 0.850. The minimum Gasteiger partial charge on any atom is -0.338 e. The highest BCUT2D eigenvalue weighted by Crippen LogP contribution is 2.55. The lowest BCUT2D eigenvalue weighted by molar-refractivity contribution is 0.0123. The minimum atomic E-state index is 0.157. The second kappa shape index (κ2) is 4.79. The van der Waals surface area contributed by atoms with Gasteiger partial charge in [0.05, 0.1) is 6.33 Å². The highest BCUT2D eigenvalue weighted by Gasteiger charge is 2.57. The van der Waals surface area contributed by atoms with Gasteiger partial charge in [0.15, 0.2) is 0 Å². The van der Waals surface area contributed by atoms with Crippen molar-refractivity contribution in [3.05, 3.63) is 18.7 Å². The highest BCUT2D eigenvalue weighted by atomic mass is 16.2. The summed E-state index contributed by atoms with van der Waals surface area (Å²) < 4.78 is 2.04. The maximum atomic E-state index is 12.2. The lowest BCUT2D eigenvalue weighted by Gasteiger charge is -2.50. The third kappa shape index (κ3) is 1.91. The molecule has 3 aliphatic rings. The maximum absolute atomic E-state index is 12.2. The molecule has 2 bridgehead atoms. The number of aryl methyl sites for hydroxylation is 1. The Bertz CT molecular complexity index is 484. The van der Waals surface area contributed by atoms with Crippen molar-refractivity contribution in [1.29, 1.82) is 0 Å². The second-order valence-electron chi connectivity index (χ2n) is 6.53. The molecule has 0 spiro atoms. The standard InChI is InChI=1S/C15H22N4O/c20-15(17-4-1-6-18-7-5-16-10-18)19-9-13-11-2-3-12(8-11)14(13)19/h5,7,10-14H,1-4,6,8-9H2,(H,17,20)/t11-,12-,13-,14-/m0/s1. The van der Waals surface area contributed by atoms with E-state index < -0.39 is 0 Å². The van der Waals surface area contributed by atoms with Crippen molar-refractivity contribution >= 4 is 6.03 Å². The van der Waals surface area contributed by atoms with Gasteiger partial charge in [0.1, 0.15) is 0 Å². The Morgan fingerprint density at radius 3 is 3.05 bits per heavy atom. The summed E-state index contributed by atoms with van der Waals surface area (Å²) in [5.41, 5.74) is 0. The summed E-state index contributed by atoms with van der Waals surface area (Å²) in [6, 6.07) is 0.729. The van der Waals surface area contributed by atoms with Crippen LogP contribution in [0.15, 0.2) is 18.7 Å². The molecule has 1 aromatic heterocycles. The van der Waals surface area contributed by atoms with Crippen LogP contribution in [-0.4, -0.2) is 39.6 Å². The lowest BCUT2D eigenvalue weighted by Crippen LogP contribution is -2.63. The zero-order valence-electron chi connectivity index (χ0n) is 11.7. The topological polar surface area (TPSA) is 50.2 Å². The largest absolute Gasteiger partial charge is 0.338 e. The van der Waals surface area contributed by atoms with Crippen molar-refractivity contribution in [2.75, 3.05) is 13.1 Å². The number of imidazole rings is 1. The molecule has 2 aliphatic carbocycles. The number of aromatic nitrogens is 2. The predicted octanol–water partition coefficient (Wildman–Crippen LogP) is 1.71. The smallest absolute Gasteiger partial charge is 0.317 e. The molecule has 3 fully saturated rings. The molecule has 0 unspecified atom stereocenters. The number of likely N-dealkylation sites (tertiary alicyclic amines) is 1. The molecule has 108 valence electrons. The first-order valence-corrected chi connectivity index (χ1v) is 7.83. The van der Waals surface area contributed by atoms with Crippen LogP contribution in [0.1, 0.15) is 25.7 Å². The Kier molecular flexibility index (Phi) is 2.93.